The highest BCUT2D eigenvalue weighted by atomic mass is 79.9. The van der Waals surface area contributed by atoms with Gasteiger partial charge in [0.25, 0.3) is 10.0 Å². The zero-order valence-corrected chi connectivity index (χ0v) is 24.2. The van der Waals surface area contributed by atoms with Gasteiger partial charge in [0.1, 0.15) is 10.8 Å². The fraction of sp³-hybridized carbons (Fsp3) is 0.370. The van der Waals surface area contributed by atoms with Crippen LogP contribution in [0.5, 0.6) is 0 Å². The van der Waals surface area contributed by atoms with E-state index in [4.69, 9.17) is 4.98 Å². The fourth-order valence-electron chi connectivity index (χ4n) is 5.33. The average molecular weight is 602 g/mol. The Hall–Kier alpha value is -2.11. The summed E-state index contributed by atoms with van der Waals surface area (Å²) >= 11 is 2.20. The first-order valence-electron chi connectivity index (χ1n) is 12.4. The molecule has 1 aliphatic carbocycles. The number of para-hydroxylation sites is 1. The molecule has 37 heavy (non-hydrogen) atoms. The molecule has 1 aliphatic heterocycles. The maximum Gasteiger partial charge on any atom is 0.268 e. The van der Waals surface area contributed by atoms with Crippen LogP contribution >= 0.6 is 15.9 Å². The zero-order valence-electron chi connectivity index (χ0n) is 20.9. The van der Waals surface area contributed by atoms with Crippen LogP contribution in [0.15, 0.2) is 70.3 Å². The van der Waals surface area contributed by atoms with Gasteiger partial charge in [-0.05, 0) is 86.6 Å². The van der Waals surface area contributed by atoms with Gasteiger partial charge in [-0.3, -0.25) is 0 Å². The minimum atomic E-state index is -3.96. The highest BCUT2D eigenvalue weighted by Crippen LogP contribution is 2.54. The number of rotatable bonds is 6. The van der Waals surface area contributed by atoms with Gasteiger partial charge in [0, 0.05) is 28.0 Å². The first-order chi connectivity index (χ1) is 17.5. The Balaban J connectivity index is 1.61. The van der Waals surface area contributed by atoms with Crippen LogP contribution in [-0.2, 0) is 33.3 Å². The van der Waals surface area contributed by atoms with Crippen molar-refractivity contribution in [3.05, 3.63) is 82.5 Å². The Kier molecular flexibility index (Phi) is 5.93. The number of hydrogen-bond acceptors (Lipinski definition) is 5. The molecule has 7 nitrogen and oxygen atoms in total. The summed E-state index contributed by atoms with van der Waals surface area (Å²) < 4.78 is 48.9. The third-order valence-corrected chi connectivity index (χ3v) is 11.3. The summed E-state index contributed by atoms with van der Waals surface area (Å²) in [4.78, 5) is 5.12. The Bertz CT molecular complexity index is 1600. The molecule has 2 aliphatic rings. The van der Waals surface area contributed by atoms with Crippen LogP contribution in [0.4, 0.5) is 0 Å². The number of fused-ring (bicyclic) bond motifs is 3. The minimum absolute atomic E-state index is 0.107. The summed E-state index contributed by atoms with van der Waals surface area (Å²) in [5.74, 6) is 0. The van der Waals surface area contributed by atoms with Gasteiger partial charge in [0.15, 0.2) is 4.73 Å². The van der Waals surface area contributed by atoms with Gasteiger partial charge >= 0.3 is 0 Å². The van der Waals surface area contributed by atoms with Crippen molar-refractivity contribution in [3.63, 3.8) is 0 Å². The first-order valence-corrected chi connectivity index (χ1v) is 15.8. The molecule has 194 valence electrons. The van der Waals surface area contributed by atoms with E-state index >= 15 is 0 Å². The van der Waals surface area contributed by atoms with Crippen LogP contribution < -0.4 is 4.72 Å². The molecule has 2 atom stereocenters. The first kappa shape index (κ1) is 25.2. The molecule has 1 spiro atoms. The third-order valence-electron chi connectivity index (χ3n) is 7.42. The summed E-state index contributed by atoms with van der Waals surface area (Å²) in [7, 11) is -3.96. The van der Waals surface area contributed by atoms with Crippen LogP contribution in [0.25, 0.3) is 10.9 Å². The predicted molar refractivity (Wildman–Crippen MR) is 149 cm³/mol. The number of nitrogens with zero attached hydrogens (tertiary/aromatic N) is 3. The van der Waals surface area contributed by atoms with Crippen molar-refractivity contribution in [2.24, 2.45) is 0 Å². The lowest BCUT2D eigenvalue weighted by Gasteiger charge is -2.28. The van der Waals surface area contributed by atoms with Gasteiger partial charge in [-0.2, -0.15) is 0 Å². The van der Waals surface area contributed by atoms with Crippen molar-refractivity contribution < 1.29 is 13.0 Å². The summed E-state index contributed by atoms with van der Waals surface area (Å²) in [5, 5.41) is 0.791. The van der Waals surface area contributed by atoms with E-state index < -0.39 is 32.2 Å². The van der Waals surface area contributed by atoms with Crippen LogP contribution in [0.1, 0.15) is 63.2 Å². The van der Waals surface area contributed by atoms with Gasteiger partial charge < -0.3 is 9.12 Å². The second kappa shape index (κ2) is 8.71. The molecule has 2 aromatic carbocycles. The van der Waals surface area contributed by atoms with Crippen molar-refractivity contribution in [3.8, 4) is 0 Å². The van der Waals surface area contributed by atoms with Crippen LogP contribution in [0.2, 0.25) is 0 Å². The van der Waals surface area contributed by atoms with Crippen LogP contribution in [-0.4, -0.2) is 31.2 Å². The summed E-state index contributed by atoms with van der Waals surface area (Å²) in [6.07, 6.45) is 4.11. The van der Waals surface area contributed by atoms with Gasteiger partial charge in [0.2, 0.25) is 0 Å². The second-order valence-corrected chi connectivity index (χ2v) is 15.4. The smallest absolute Gasteiger partial charge is 0.268 e. The average Bonchev–Trinajstić information content (AvgIpc) is 3.22. The Morgan fingerprint density at radius 3 is 2.43 bits per heavy atom. The van der Waals surface area contributed by atoms with E-state index in [9.17, 15) is 13.0 Å². The molecule has 3 heterocycles. The van der Waals surface area contributed by atoms with Crippen molar-refractivity contribution >= 4 is 48.2 Å². The molecule has 0 unspecified atom stereocenters. The SMILES string of the molecule is CC(C)(C)[S@+]([O-])N[C@H](c1nc(Br)n2c1CCC21CC1)c1cc2ccccc2n1S(=O)(=O)c1ccccc1. The molecular weight excluding hydrogens is 572 g/mol. The largest absolute Gasteiger partial charge is 0.598 e. The molecule has 10 heteroatoms. The van der Waals surface area contributed by atoms with Crippen LogP contribution in [0, 0.1) is 0 Å². The van der Waals surface area contributed by atoms with Gasteiger partial charge in [-0.25, -0.2) is 17.4 Å². The molecule has 1 fully saturated rings. The maximum atomic E-state index is 14.1. The van der Waals surface area contributed by atoms with E-state index in [1.165, 1.54) is 3.97 Å². The standard InChI is InChI=1S/C27H29BrN4O3S2/c1-26(2,3)36(33)30-24(23-21-13-14-27(15-16-27)31(21)25(28)29-23)22-17-18-9-7-8-12-20(18)32(22)37(34,35)19-10-5-4-6-11-19/h4-12,17,24,30H,13-16H2,1-3H3/t24-,36-/m0/s1. The minimum Gasteiger partial charge on any atom is -0.598 e. The van der Waals surface area contributed by atoms with Crippen molar-refractivity contribution in [1.82, 2.24) is 18.2 Å². The fourth-order valence-corrected chi connectivity index (χ4v) is 8.49. The van der Waals surface area contributed by atoms with Gasteiger partial charge in [-0.1, -0.05) is 36.4 Å². The molecular formula is C27H29BrN4O3S2. The summed E-state index contributed by atoms with van der Waals surface area (Å²) in [6.45, 7) is 5.70. The Labute approximate surface area is 228 Å². The Morgan fingerprint density at radius 2 is 1.76 bits per heavy atom. The topological polar surface area (TPSA) is 92.0 Å². The van der Waals surface area contributed by atoms with Crippen molar-refractivity contribution in [2.75, 3.05) is 0 Å². The number of nitrogens with one attached hydrogen (secondary N) is 1. The third kappa shape index (κ3) is 4.08. The molecule has 1 saturated carbocycles. The predicted octanol–water partition coefficient (Wildman–Crippen LogP) is 5.41. The van der Waals surface area contributed by atoms with Gasteiger partial charge in [0.05, 0.1) is 21.8 Å². The van der Waals surface area contributed by atoms with Crippen LogP contribution in [0.3, 0.4) is 0 Å². The molecule has 1 N–H and O–H groups in total. The van der Waals surface area contributed by atoms with Gasteiger partial charge in [-0.15, -0.1) is 4.72 Å². The zero-order chi connectivity index (χ0) is 26.2. The van der Waals surface area contributed by atoms with E-state index in [1.54, 1.807) is 30.3 Å². The van der Waals surface area contributed by atoms with E-state index in [0.717, 1.165) is 47.2 Å². The number of halogens is 1. The summed E-state index contributed by atoms with van der Waals surface area (Å²) in [5.41, 5.74) is 2.97. The highest BCUT2D eigenvalue weighted by Gasteiger charge is 2.52. The molecule has 0 radical (unpaired) electrons. The lowest BCUT2D eigenvalue weighted by Crippen LogP contribution is -2.42. The Morgan fingerprint density at radius 1 is 1.08 bits per heavy atom. The van der Waals surface area contributed by atoms with E-state index in [-0.39, 0.29) is 10.4 Å². The molecule has 0 saturated heterocycles. The van der Waals surface area contributed by atoms with Crippen molar-refractivity contribution in [1.29, 1.82) is 0 Å². The molecule has 4 aromatic rings. The molecule has 2 aromatic heterocycles. The number of hydrogen-bond donors (Lipinski definition) is 1. The number of imidazole rings is 1. The second-order valence-electron chi connectivity index (χ2n) is 10.9. The number of aromatic nitrogens is 3. The molecule has 0 bridgehead atoms. The van der Waals surface area contributed by atoms with E-state index in [0.29, 0.717) is 11.2 Å². The lowest BCUT2D eigenvalue weighted by atomic mass is 10.1. The monoisotopic (exact) mass is 600 g/mol. The number of benzene rings is 2. The maximum absolute atomic E-state index is 14.1. The molecule has 6 rings (SSSR count). The van der Waals surface area contributed by atoms with Crippen molar-refractivity contribution in [2.45, 2.75) is 67.7 Å². The quantitative estimate of drug-likeness (QED) is 0.299. The van der Waals surface area contributed by atoms with E-state index in [1.807, 2.05) is 51.1 Å². The molecule has 0 amide bonds. The van der Waals surface area contributed by atoms with E-state index in [2.05, 4.69) is 25.2 Å². The lowest BCUT2D eigenvalue weighted by molar-refractivity contribution is 0.498. The highest BCUT2D eigenvalue weighted by molar-refractivity contribution is 9.10. The summed E-state index contributed by atoms with van der Waals surface area (Å²) in [6, 6.07) is 17.1. The normalized spacial score (nSPS) is 18.3.